The van der Waals surface area contributed by atoms with Gasteiger partial charge in [0.25, 0.3) is 0 Å². The van der Waals surface area contributed by atoms with Crippen LogP contribution in [-0.4, -0.2) is 60.1 Å². The molecule has 3 aromatic rings. The van der Waals surface area contributed by atoms with E-state index in [0.29, 0.717) is 78.3 Å². The van der Waals surface area contributed by atoms with Crippen LogP contribution >= 0.6 is 23.2 Å². The highest BCUT2D eigenvalue weighted by atomic mass is 35.5. The molecule has 2 aliphatic rings. The van der Waals surface area contributed by atoms with Gasteiger partial charge in [-0.25, -0.2) is 14.4 Å². The molecule has 33 heavy (non-hydrogen) atoms. The second-order valence-electron chi connectivity index (χ2n) is 7.76. The van der Waals surface area contributed by atoms with Gasteiger partial charge in [-0.05, 0) is 24.3 Å². The van der Waals surface area contributed by atoms with Crippen molar-refractivity contribution in [2.75, 3.05) is 49.5 Å². The number of carbonyl (C=O) groups is 1. The Morgan fingerprint density at radius 2 is 1.97 bits per heavy atom. The van der Waals surface area contributed by atoms with E-state index in [0.717, 1.165) is 5.39 Å². The number of hydrogen-bond donors (Lipinski definition) is 1. The van der Waals surface area contributed by atoms with Crippen molar-refractivity contribution in [1.82, 2.24) is 14.9 Å². The molecule has 1 amide bonds. The molecule has 10 heteroatoms. The fourth-order valence-electron chi connectivity index (χ4n) is 4.32. The number of anilines is 2. The van der Waals surface area contributed by atoms with E-state index in [1.807, 2.05) is 0 Å². The van der Waals surface area contributed by atoms with Crippen LogP contribution in [0.5, 0.6) is 5.75 Å². The molecule has 1 aromatic heterocycles. The first-order valence-electron chi connectivity index (χ1n) is 10.5. The summed E-state index contributed by atoms with van der Waals surface area (Å²) in [5.41, 5.74) is 1.94. The molecule has 0 aliphatic carbocycles. The number of rotatable bonds is 2. The van der Waals surface area contributed by atoms with Crippen molar-refractivity contribution in [1.29, 1.82) is 0 Å². The van der Waals surface area contributed by atoms with Crippen LogP contribution in [-0.2, 0) is 4.79 Å². The van der Waals surface area contributed by atoms with Crippen LogP contribution in [0.15, 0.2) is 37.2 Å². The summed E-state index contributed by atoms with van der Waals surface area (Å²) in [6.07, 6.45) is 2.81. The lowest BCUT2D eigenvalue weighted by Gasteiger charge is -2.35. The molecule has 0 radical (unpaired) electrons. The van der Waals surface area contributed by atoms with Crippen LogP contribution in [0.4, 0.5) is 15.9 Å². The van der Waals surface area contributed by atoms with E-state index in [9.17, 15) is 9.18 Å². The third kappa shape index (κ3) is 3.83. The lowest BCUT2D eigenvalue weighted by atomic mass is 9.99. The number of halogens is 3. The molecule has 0 saturated carbocycles. The predicted molar refractivity (Wildman–Crippen MR) is 128 cm³/mol. The fourth-order valence-corrected chi connectivity index (χ4v) is 4.82. The summed E-state index contributed by atoms with van der Waals surface area (Å²) in [4.78, 5) is 24.8. The lowest BCUT2D eigenvalue weighted by molar-refractivity contribution is -0.126. The van der Waals surface area contributed by atoms with Gasteiger partial charge in [-0.1, -0.05) is 29.8 Å². The fraction of sp³-hybridized carbons (Fsp3) is 0.261. The number of carbonyl (C=O) groups excluding carboxylic acids is 1. The van der Waals surface area contributed by atoms with Gasteiger partial charge in [-0.3, -0.25) is 4.79 Å². The quantitative estimate of drug-likeness (QED) is 0.540. The van der Waals surface area contributed by atoms with Crippen molar-refractivity contribution in [3.05, 3.63) is 53.0 Å². The molecule has 170 valence electrons. The number of piperazine rings is 1. The average molecular weight is 488 g/mol. The number of hydrogen-bond acceptors (Lipinski definition) is 6. The van der Waals surface area contributed by atoms with Gasteiger partial charge in [0.2, 0.25) is 5.91 Å². The molecular formula is C23H20Cl2FN5O2. The maximum absolute atomic E-state index is 14.7. The number of benzene rings is 2. The Morgan fingerprint density at radius 1 is 1.18 bits per heavy atom. The van der Waals surface area contributed by atoms with Gasteiger partial charge in [0.1, 0.15) is 30.1 Å². The zero-order valence-electron chi connectivity index (χ0n) is 17.6. The molecule has 3 heterocycles. The zero-order chi connectivity index (χ0) is 23.1. The number of fused-ring (bicyclic) bond motifs is 5. The summed E-state index contributed by atoms with van der Waals surface area (Å²) < 4.78 is 20.8. The summed E-state index contributed by atoms with van der Waals surface area (Å²) in [5.74, 6) is 0.623. The third-order valence-corrected chi connectivity index (χ3v) is 6.37. The SMILES string of the molecule is C=CC(=O)N1CCN(c2ncnc3c4c(c(Cl)cc23)-c2cc(Cl)cc(F)c2NCCO4)CC1. The first kappa shape index (κ1) is 21.7. The predicted octanol–water partition coefficient (Wildman–Crippen LogP) is 4.38. The third-order valence-electron chi connectivity index (χ3n) is 5.85. The van der Waals surface area contributed by atoms with Crippen LogP contribution < -0.4 is 15.0 Å². The first-order valence-corrected chi connectivity index (χ1v) is 11.2. The normalized spacial score (nSPS) is 15.6. The van der Waals surface area contributed by atoms with Crippen molar-refractivity contribution >= 4 is 51.5 Å². The minimum Gasteiger partial charge on any atom is -0.489 e. The van der Waals surface area contributed by atoms with Crippen LogP contribution in [0.3, 0.4) is 0 Å². The molecule has 5 rings (SSSR count). The Balaban J connectivity index is 1.64. The van der Waals surface area contributed by atoms with Crippen molar-refractivity contribution < 1.29 is 13.9 Å². The lowest BCUT2D eigenvalue weighted by Crippen LogP contribution is -2.48. The number of aromatic nitrogens is 2. The van der Waals surface area contributed by atoms with E-state index < -0.39 is 5.82 Å². The molecule has 1 saturated heterocycles. The molecule has 1 N–H and O–H groups in total. The second kappa shape index (κ2) is 8.68. The maximum atomic E-state index is 14.7. The smallest absolute Gasteiger partial charge is 0.246 e. The number of nitrogens with zero attached hydrogens (tertiary/aromatic N) is 4. The van der Waals surface area contributed by atoms with E-state index in [2.05, 4.69) is 26.8 Å². The van der Waals surface area contributed by atoms with E-state index in [1.165, 1.54) is 18.5 Å². The highest BCUT2D eigenvalue weighted by Gasteiger charge is 2.27. The minimum absolute atomic E-state index is 0.0850. The van der Waals surface area contributed by atoms with Crippen molar-refractivity contribution in [3.8, 4) is 16.9 Å². The summed E-state index contributed by atoms with van der Waals surface area (Å²) in [7, 11) is 0. The average Bonchev–Trinajstić information content (AvgIpc) is 2.80. The molecular weight excluding hydrogens is 468 g/mol. The van der Waals surface area contributed by atoms with E-state index >= 15 is 0 Å². The van der Waals surface area contributed by atoms with Crippen molar-refractivity contribution in [2.24, 2.45) is 0 Å². The van der Waals surface area contributed by atoms with Gasteiger partial charge in [-0.2, -0.15) is 0 Å². The molecule has 0 bridgehead atoms. The second-order valence-corrected chi connectivity index (χ2v) is 8.60. The summed E-state index contributed by atoms with van der Waals surface area (Å²) in [6.45, 7) is 6.58. The van der Waals surface area contributed by atoms with Gasteiger partial charge < -0.3 is 19.9 Å². The van der Waals surface area contributed by atoms with E-state index in [-0.39, 0.29) is 10.9 Å². The highest BCUT2D eigenvalue weighted by molar-refractivity contribution is 6.36. The molecule has 2 aliphatic heterocycles. The zero-order valence-corrected chi connectivity index (χ0v) is 19.1. The molecule has 2 aromatic carbocycles. The summed E-state index contributed by atoms with van der Waals surface area (Å²) >= 11 is 12.9. The molecule has 7 nitrogen and oxygen atoms in total. The monoisotopic (exact) mass is 487 g/mol. The molecule has 0 atom stereocenters. The van der Waals surface area contributed by atoms with Gasteiger partial charge >= 0.3 is 0 Å². The molecule has 0 unspecified atom stereocenters. The summed E-state index contributed by atoms with van der Waals surface area (Å²) in [5, 5.41) is 4.42. The van der Waals surface area contributed by atoms with E-state index in [1.54, 1.807) is 17.0 Å². The Hall–Kier alpha value is -3.10. The van der Waals surface area contributed by atoms with Crippen molar-refractivity contribution in [3.63, 3.8) is 0 Å². The largest absolute Gasteiger partial charge is 0.489 e. The summed E-state index contributed by atoms with van der Waals surface area (Å²) in [6, 6.07) is 4.71. The van der Waals surface area contributed by atoms with Crippen LogP contribution in [0.25, 0.3) is 22.0 Å². The van der Waals surface area contributed by atoms with Crippen LogP contribution in [0.2, 0.25) is 10.0 Å². The Bertz CT molecular complexity index is 1280. The van der Waals surface area contributed by atoms with Gasteiger partial charge in [0.05, 0.1) is 10.7 Å². The molecule has 0 spiro atoms. The minimum atomic E-state index is -0.461. The standard InChI is InChI=1S/C23H20Cl2FN5O2/c1-2-18(32)30-4-6-31(7-5-30)23-15-11-16(25)19-14-9-13(24)10-17(26)20(14)27-3-8-33-22(19)21(15)28-12-29-23/h2,9-12,27H,1,3-8H2. The van der Waals surface area contributed by atoms with Gasteiger partial charge in [0.15, 0.2) is 5.75 Å². The van der Waals surface area contributed by atoms with Crippen molar-refractivity contribution in [2.45, 2.75) is 0 Å². The molecule has 1 fully saturated rings. The Kier molecular flexibility index (Phi) is 5.72. The van der Waals surface area contributed by atoms with E-state index in [4.69, 9.17) is 27.9 Å². The number of amides is 1. The highest BCUT2D eigenvalue weighted by Crippen LogP contribution is 2.47. The van der Waals surface area contributed by atoms with Crippen LogP contribution in [0, 0.1) is 5.82 Å². The number of nitrogens with one attached hydrogen (secondary N) is 1. The van der Waals surface area contributed by atoms with Gasteiger partial charge in [-0.15, -0.1) is 0 Å². The van der Waals surface area contributed by atoms with Crippen LogP contribution in [0.1, 0.15) is 0 Å². The van der Waals surface area contributed by atoms with Gasteiger partial charge in [0, 0.05) is 54.3 Å². The Morgan fingerprint density at radius 3 is 2.73 bits per heavy atom. The Labute approximate surface area is 199 Å². The topological polar surface area (TPSA) is 70.6 Å². The maximum Gasteiger partial charge on any atom is 0.246 e. The number of ether oxygens (including phenoxy) is 1. The first-order chi connectivity index (χ1) is 16.0.